The van der Waals surface area contributed by atoms with Gasteiger partial charge in [0.25, 0.3) is 17.5 Å². The summed E-state index contributed by atoms with van der Waals surface area (Å²) in [6.45, 7) is 1.86. The van der Waals surface area contributed by atoms with Crippen molar-refractivity contribution < 1.29 is 24.0 Å². The summed E-state index contributed by atoms with van der Waals surface area (Å²) in [6, 6.07) is 17.0. The molecule has 0 aromatic heterocycles. The van der Waals surface area contributed by atoms with Crippen LogP contribution in [0, 0.1) is 17.0 Å². The molecule has 176 valence electrons. The third-order valence-electron chi connectivity index (χ3n) is 5.27. The maximum Gasteiger partial charge on any atom is 0.335 e. The summed E-state index contributed by atoms with van der Waals surface area (Å²) in [6.07, 6.45) is 1.37. The summed E-state index contributed by atoms with van der Waals surface area (Å²) in [4.78, 5) is 49.6. The lowest BCUT2D eigenvalue weighted by atomic mass is 10.0. The number of amides is 4. The number of aryl methyl sites for hydroxylation is 1. The number of carbonyl (C=O) groups excluding carboxylic acids is 3. The molecule has 1 heterocycles. The monoisotopic (exact) mass is 535 g/mol. The number of imide groups is 2. The number of nitro benzene ring substituents is 1. The molecular weight excluding hydrogens is 518 g/mol. The second-order valence-corrected chi connectivity index (χ2v) is 8.55. The van der Waals surface area contributed by atoms with Crippen molar-refractivity contribution >= 4 is 51.2 Å². The number of urea groups is 1. The average molecular weight is 536 g/mol. The Morgan fingerprint density at radius 1 is 1.06 bits per heavy atom. The van der Waals surface area contributed by atoms with E-state index < -0.39 is 22.8 Å². The van der Waals surface area contributed by atoms with Crippen LogP contribution in [-0.2, 0) is 16.2 Å². The first-order valence-corrected chi connectivity index (χ1v) is 11.2. The summed E-state index contributed by atoms with van der Waals surface area (Å²) in [7, 11) is 0. The third kappa shape index (κ3) is 5.12. The Morgan fingerprint density at radius 3 is 2.46 bits per heavy atom. The van der Waals surface area contributed by atoms with Crippen molar-refractivity contribution in [1.82, 2.24) is 5.32 Å². The van der Waals surface area contributed by atoms with E-state index in [-0.39, 0.29) is 17.9 Å². The molecule has 1 saturated heterocycles. The Morgan fingerprint density at radius 2 is 1.77 bits per heavy atom. The van der Waals surface area contributed by atoms with Crippen LogP contribution in [0.1, 0.15) is 16.7 Å². The summed E-state index contributed by atoms with van der Waals surface area (Å²) in [5.41, 5.74) is 1.93. The zero-order valence-corrected chi connectivity index (χ0v) is 19.9. The zero-order chi connectivity index (χ0) is 25.1. The number of hydrogen-bond donors (Lipinski definition) is 1. The highest BCUT2D eigenvalue weighted by molar-refractivity contribution is 9.10. The first-order chi connectivity index (χ1) is 16.7. The Bertz CT molecular complexity index is 1380. The topological polar surface area (TPSA) is 119 Å². The van der Waals surface area contributed by atoms with E-state index in [1.807, 2.05) is 0 Å². The fourth-order valence-corrected chi connectivity index (χ4v) is 3.86. The molecule has 0 unspecified atom stereocenters. The number of non-ortho nitro benzene ring substituents is 1. The minimum atomic E-state index is -0.824. The fraction of sp³-hybridized carbons (Fsp3) is 0.0800. The number of nitrogens with one attached hydrogen (secondary N) is 1. The highest BCUT2D eigenvalue weighted by Crippen LogP contribution is 2.29. The van der Waals surface area contributed by atoms with Gasteiger partial charge in [0.05, 0.1) is 10.6 Å². The van der Waals surface area contributed by atoms with Crippen LogP contribution in [0.3, 0.4) is 0 Å². The molecule has 9 nitrogen and oxygen atoms in total. The number of barbiturate groups is 1. The second-order valence-electron chi connectivity index (χ2n) is 7.64. The molecule has 1 aliphatic heterocycles. The van der Waals surface area contributed by atoms with Crippen LogP contribution in [0.4, 0.5) is 16.2 Å². The molecule has 4 amide bonds. The van der Waals surface area contributed by atoms with Gasteiger partial charge in [-0.2, -0.15) is 0 Å². The maximum atomic E-state index is 13.2. The molecule has 1 aliphatic rings. The lowest BCUT2D eigenvalue weighted by Crippen LogP contribution is -2.54. The molecule has 3 aromatic rings. The minimum Gasteiger partial charge on any atom is -0.488 e. The van der Waals surface area contributed by atoms with Crippen molar-refractivity contribution in [2.24, 2.45) is 0 Å². The van der Waals surface area contributed by atoms with E-state index in [4.69, 9.17) is 4.74 Å². The maximum absolute atomic E-state index is 13.2. The van der Waals surface area contributed by atoms with Crippen LogP contribution in [0.15, 0.2) is 76.8 Å². The van der Waals surface area contributed by atoms with Crippen LogP contribution in [-0.4, -0.2) is 22.8 Å². The van der Waals surface area contributed by atoms with Crippen molar-refractivity contribution in [3.63, 3.8) is 0 Å². The molecule has 1 N–H and O–H groups in total. The number of benzene rings is 3. The van der Waals surface area contributed by atoms with Gasteiger partial charge in [0.15, 0.2) is 0 Å². The number of carbonyl (C=O) groups is 3. The van der Waals surface area contributed by atoms with Gasteiger partial charge in [-0.3, -0.25) is 25.0 Å². The molecule has 1 fully saturated rings. The third-order valence-corrected chi connectivity index (χ3v) is 5.76. The van der Waals surface area contributed by atoms with E-state index in [1.54, 1.807) is 61.5 Å². The first kappa shape index (κ1) is 23.8. The minimum absolute atomic E-state index is 0.0302. The van der Waals surface area contributed by atoms with Crippen LogP contribution in [0.2, 0.25) is 0 Å². The molecule has 3 aromatic carbocycles. The van der Waals surface area contributed by atoms with Crippen molar-refractivity contribution in [2.75, 3.05) is 4.90 Å². The molecule has 0 saturated carbocycles. The normalized spacial score (nSPS) is 14.7. The van der Waals surface area contributed by atoms with Gasteiger partial charge in [-0.1, -0.05) is 34.1 Å². The predicted molar refractivity (Wildman–Crippen MR) is 132 cm³/mol. The van der Waals surface area contributed by atoms with Crippen molar-refractivity contribution in [1.29, 1.82) is 0 Å². The number of hydrogen-bond acceptors (Lipinski definition) is 6. The van der Waals surface area contributed by atoms with Gasteiger partial charge in [-0.25, -0.2) is 9.69 Å². The fourth-order valence-electron chi connectivity index (χ4n) is 3.48. The molecule has 35 heavy (non-hydrogen) atoms. The Balaban J connectivity index is 1.65. The quantitative estimate of drug-likeness (QED) is 0.207. The highest BCUT2D eigenvalue weighted by Gasteiger charge is 2.37. The number of nitrogens with zero attached hydrogens (tertiary/aromatic N) is 2. The number of para-hydroxylation sites is 1. The van der Waals surface area contributed by atoms with Gasteiger partial charge >= 0.3 is 6.03 Å². The smallest absolute Gasteiger partial charge is 0.335 e. The van der Waals surface area contributed by atoms with Crippen LogP contribution in [0.25, 0.3) is 6.08 Å². The summed E-state index contributed by atoms with van der Waals surface area (Å²) in [5, 5.41) is 13.1. The molecule has 0 aliphatic carbocycles. The standard InChI is InChI=1S/C25H18BrN3O6/c1-15-4-2-3-5-21(15)28-24(31)20(23(30)27-25(28)32)13-17-12-18(26)8-11-22(17)35-14-16-6-9-19(10-7-16)29(33)34/h2-13H,14H2,1H3,(H,27,30,32)/b20-13+. The molecule has 4 rings (SSSR count). The zero-order valence-electron chi connectivity index (χ0n) is 18.4. The van der Waals surface area contributed by atoms with E-state index in [0.29, 0.717) is 32.6 Å². The van der Waals surface area contributed by atoms with E-state index in [2.05, 4.69) is 21.2 Å². The second kappa shape index (κ2) is 9.90. The summed E-state index contributed by atoms with van der Waals surface area (Å²) in [5.74, 6) is -1.19. The molecule has 0 radical (unpaired) electrons. The van der Waals surface area contributed by atoms with E-state index in [9.17, 15) is 24.5 Å². The van der Waals surface area contributed by atoms with Crippen LogP contribution < -0.4 is 15.0 Å². The van der Waals surface area contributed by atoms with Gasteiger partial charge in [0.2, 0.25) is 0 Å². The number of rotatable bonds is 6. The highest BCUT2D eigenvalue weighted by atomic mass is 79.9. The molecule has 0 bridgehead atoms. The molecular formula is C25H18BrN3O6. The number of halogens is 1. The van der Waals surface area contributed by atoms with Crippen molar-refractivity contribution in [3.8, 4) is 5.75 Å². The molecule has 0 atom stereocenters. The lowest BCUT2D eigenvalue weighted by Gasteiger charge is -2.27. The predicted octanol–water partition coefficient (Wildman–Crippen LogP) is 4.91. The number of ether oxygens (including phenoxy) is 1. The van der Waals surface area contributed by atoms with Gasteiger partial charge < -0.3 is 4.74 Å². The Kier molecular flexibility index (Phi) is 6.74. The Labute approximate surface area is 208 Å². The summed E-state index contributed by atoms with van der Waals surface area (Å²) < 4.78 is 6.57. The first-order valence-electron chi connectivity index (χ1n) is 10.4. The Hall–Kier alpha value is -4.31. The molecule has 0 spiro atoms. The van der Waals surface area contributed by atoms with Crippen molar-refractivity contribution in [2.45, 2.75) is 13.5 Å². The van der Waals surface area contributed by atoms with Gasteiger partial charge in [-0.05, 0) is 60.5 Å². The number of nitro groups is 1. The SMILES string of the molecule is Cc1ccccc1N1C(=O)NC(=O)/C(=C\c2cc(Br)ccc2OCc2ccc([N+](=O)[O-])cc2)C1=O. The largest absolute Gasteiger partial charge is 0.488 e. The van der Waals surface area contributed by atoms with Gasteiger partial charge in [0, 0.05) is 22.2 Å². The van der Waals surface area contributed by atoms with Crippen molar-refractivity contribution in [3.05, 3.63) is 104 Å². The van der Waals surface area contributed by atoms with Crippen LogP contribution in [0.5, 0.6) is 5.75 Å². The van der Waals surface area contributed by atoms with E-state index in [1.165, 1.54) is 18.2 Å². The van der Waals surface area contributed by atoms with Gasteiger partial charge in [-0.15, -0.1) is 0 Å². The van der Waals surface area contributed by atoms with Gasteiger partial charge in [0.1, 0.15) is 17.9 Å². The van der Waals surface area contributed by atoms with Crippen LogP contribution >= 0.6 is 15.9 Å². The number of anilines is 1. The lowest BCUT2D eigenvalue weighted by molar-refractivity contribution is -0.384. The van der Waals surface area contributed by atoms with E-state index in [0.717, 1.165) is 4.90 Å². The average Bonchev–Trinajstić information content (AvgIpc) is 2.82. The molecule has 10 heteroatoms. The van der Waals surface area contributed by atoms with E-state index >= 15 is 0 Å². The summed E-state index contributed by atoms with van der Waals surface area (Å²) >= 11 is 3.38.